The zero-order valence-corrected chi connectivity index (χ0v) is 17.6. The summed E-state index contributed by atoms with van der Waals surface area (Å²) in [5.41, 5.74) is 1.45. The second kappa shape index (κ2) is 9.00. The Morgan fingerprint density at radius 1 is 1.03 bits per heavy atom. The molecule has 31 heavy (non-hydrogen) atoms. The van der Waals surface area contributed by atoms with Crippen molar-refractivity contribution in [3.63, 3.8) is 0 Å². The molecular weight excluding hydrogens is 416 g/mol. The van der Waals surface area contributed by atoms with E-state index in [1.165, 1.54) is 0 Å². The van der Waals surface area contributed by atoms with Gasteiger partial charge in [-0.15, -0.1) is 10.2 Å². The molecule has 0 unspecified atom stereocenters. The molecular formula is C21H20N6O3S. The minimum absolute atomic E-state index is 0.0237. The molecule has 4 rings (SSSR count). The lowest BCUT2D eigenvalue weighted by Gasteiger charge is -2.11. The van der Waals surface area contributed by atoms with Crippen molar-refractivity contribution in [2.75, 3.05) is 12.3 Å². The fraction of sp³-hybridized carbons (Fsp3) is 0.190. The largest absolute Gasteiger partial charge is 0.338 e. The number of benzene rings is 2. The maximum atomic E-state index is 13.2. The normalized spacial score (nSPS) is 11.0. The minimum Gasteiger partial charge on any atom is -0.338 e. The Bertz CT molecular complexity index is 1320. The summed E-state index contributed by atoms with van der Waals surface area (Å²) in [7, 11) is 0. The monoisotopic (exact) mass is 436 g/mol. The standard InChI is InChI=1S/C21H20N6O3S/c1-2-22-19(30)23-17(28)13-31-21-25-24-20-26(12-14-8-4-3-5-9-14)18(29)15-10-6-7-11-16(15)27(20)21/h3-11H,2,12-13H2,1H3,(H2,22,23,28,30). The number of fused-ring (bicyclic) bond motifs is 3. The quantitative estimate of drug-likeness (QED) is 0.448. The van der Waals surface area contributed by atoms with Gasteiger partial charge in [0.2, 0.25) is 11.7 Å². The first-order chi connectivity index (χ1) is 15.1. The van der Waals surface area contributed by atoms with Crippen LogP contribution in [0, 0.1) is 0 Å². The van der Waals surface area contributed by atoms with Gasteiger partial charge >= 0.3 is 6.03 Å². The summed E-state index contributed by atoms with van der Waals surface area (Å²) in [5, 5.41) is 14.2. The Labute approximate surface area is 181 Å². The molecule has 158 valence electrons. The fourth-order valence-electron chi connectivity index (χ4n) is 3.23. The van der Waals surface area contributed by atoms with E-state index < -0.39 is 11.9 Å². The lowest BCUT2D eigenvalue weighted by molar-refractivity contribution is -0.117. The zero-order valence-electron chi connectivity index (χ0n) is 16.7. The molecule has 2 aromatic carbocycles. The van der Waals surface area contributed by atoms with Crippen molar-refractivity contribution in [2.45, 2.75) is 18.6 Å². The first-order valence-electron chi connectivity index (χ1n) is 9.69. The van der Waals surface area contributed by atoms with E-state index in [2.05, 4.69) is 20.8 Å². The highest BCUT2D eigenvalue weighted by atomic mass is 32.2. The number of carbonyl (C=O) groups is 2. The Kier molecular flexibility index (Phi) is 5.99. The summed E-state index contributed by atoms with van der Waals surface area (Å²) in [6, 6.07) is 16.3. The van der Waals surface area contributed by atoms with Crippen LogP contribution in [0.4, 0.5) is 4.79 Å². The highest BCUT2D eigenvalue weighted by Gasteiger charge is 2.18. The lowest BCUT2D eigenvalue weighted by atomic mass is 10.2. The second-order valence-electron chi connectivity index (χ2n) is 6.71. The number of para-hydroxylation sites is 1. The molecule has 0 saturated carbocycles. The van der Waals surface area contributed by atoms with E-state index in [4.69, 9.17) is 0 Å². The molecule has 2 aromatic heterocycles. The molecule has 0 aliphatic heterocycles. The highest BCUT2D eigenvalue weighted by molar-refractivity contribution is 7.99. The van der Waals surface area contributed by atoms with E-state index >= 15 is 0 Å². The molecule has 0 spiro atoms. The summed E-state index contributed by atoms with van der Waals surface area (Å²) >= 11 is 1.14. The average molecular weight is 436 g/mol. The molecule has 0 aliphatic rings. The number of amides is 3. The SMILES string of the molecule is CCNC(=O)NC(=O)CSc1nnc2n(Cc3ccccc3)c(=O)c3ccccc3n12. The molecule has 0 saturated heterocycles. The Balaban J connectivity index is 1.72. The third-order valence-corrected chi connectivity index (χ3v) is 5.51. The molecule has 9 nitrogen and oxygen atoms in total. The van der Waals surface area contributed by atoms with Crippen LogP contribution < -0.4 is 16.2 Å². The maximum absolute atomic E-state index is 13.2. The minimum atomic E-state index is -0.540. The summed E-state index contributed by atoms with van der Waals surface area (Å²) in [6.07, 6.45) is 0. The predicted molar refractivity (Wildman–Crippen MR) is 118 cm³/mol. The van der Waals surface area contributed by atoms with Gasteiger partial charge in [0.25, 0.3) is 5.56 Å². The van der Waals surface area contributed by atoms with Crippen LogP contribution in [0.1, 0.15) is 12.5 Å². The fourth-order valence-corrected chi connectivity index (χ4v) is 3.97. The van der Waals surface area contributed by atoms with Crippen LogP contribution in [0.25, 0.3) is 16.7 Å². The van der Waals surface area contributed by atoms with Gasteiger partial charge < -0.3 is 5.32 Å². The van der Waals surface area contributed by atoms with Crippen molar-refractivity contribution in [3.05, 3.63) is 70.5 Å². The van der Waals surface area contributed by atoms with Gasteiger partial charge in [-0.2, -0.15) is 0 Å². The first-order valence-corrected chi connectivity index (χ1v) is 10.7. The molecule has 0 aliphatic carbocycles. The van der Waals surface area contributed by atoms with Crippen molar-refractivity contribution in [3.8, 4) is 0 Å². The van der Waals surface area contributed by atoms with Crippen LogP contribution in [0.15, 0.2) is 64.5 Å². The van der Waals surface area contributed by atoms with Gasteiger partial charge in [0.15, 0.2) is 5.16 Å². The maximum Gasteiger partial charge on any atom is 0.321 e. The number of rotatable bonds is 6. The predicted octanol–water partition coefficient (Wildman–Crippen LogP) is 2.03. The van der Waals surface area contributed by atoms with Crippen molar-refractivity contribution < 1.29 is 9.59 Å². The molecule has 0 radical (unpaired) electrons. The third kappa shape index (κ3) is 4.29. The van der Waals surface area contributed by atoms with Gasteiger partial charge in [-0.3, -0.25) is 23.9 Å². The summed E-state index contributed by atoms with van der Waals surface area (Å²) in [4.78, 5) is 36.8. The van der Waals surface area contributed by atoms with E-state index in [0.29, 0.717) is 34.9 Å². The molecule has 10 heteroatoms. The van der Waals surface area contributed by atoms with Crippen molar-refractivity contribution in [1.29, 1.82) is 0 Å². The lowest BCUT2D eigenvalue weighted by Crippen LogP contribution is -2.40. The first kappa shape index (κ1) is 20.6. The van der Waals surface area contributed by atoms with E-state index in [9.17, 15) is 14.4 Å². The van der Waals surface area contributed by atoms with E-state index in [-0.39, 0.29) is 11.3 Å². The summed E-state index contributed by atoms with van der Waals surface area (Å²) < 4.78 is 3.34. The molecule has 0 bridgehead atoms. The zero-order chi connectivity index (χ0) is 21.8. The molecule has 0 fully saturated rings. The van der Waals surface area contributed by atoms with Gasteiger partial charge in [-0.25, -0.2) is 4.79 Å². The van der Waals surface area contributed by atoms with Gasteiger partial charge in [0.05, 0.1) is 23.2 Å². The van der Waals surface area contributed by atoms with Crippen LogP contribution in [-0.4, -0.2) is 43.4 Å². The number of urea groups is 1. The molecule has 2 heterocycles. The Hall–Kier alpha value is -3.66. The molecule has 3 amide bonds. The van der Waals surface area contributed by atoms with Crippen LogP contribution in [0.3, 0.4) is 0 Å². The van der Waals surface area contributed by atoms with Gasteiger partial charge in [0, 0.05) is 6.54 Å². The number of imide groups is 1. The molecule has 0 atom stereocenters. The molecule has 2 N–H and O–H groups in total. The average Bonchev–Trinajstić information content (AvgIpc) is 3.20. The number of aromatic nitrogens is 4. The number of nitrogens with one attached hydrogen (secondary N) is 2. The number of thioether (sulfide) groups is 1. The Morgan fingerprint density at radius 2 is 1.77 bits per heavy atom. The number of nitrogens with zero attached hydrogens (tertiary/aromatic N) is 4. The summed E-state index contributed by atoms with van der Waals surface area (Å²) in [6.45, 7) is 2.53. The van der Waals surface area contributed by atoms with Crippen molar-refractivity contribution in [1.82, 2.24) is 29.8 Å². The Morgan fingerprint density at radius 3 is 2.55 bits per heavy atom. The number of carbonyl (C=O) groups excluding carboxylic acids is 2. The van der Waals surface area contributed by atoms with Crippen LogP contribution >= 0.6 is 11.8 Å². The van der Waals surface area contributed by atoms with E-state index in [1.54, 1.807) is 28.0 Å². The topological polar surface area (TPSA) is 110 Å². The van der Waals surface area contributed by atoms with Gasteiger partial charge in [-0.05, 0) is 24.6 Å². The van der Waals surface area contributed by atoms with E-state index in [0.717, 1.165) is 17.3 Å². The highest BCUT2D eigenvalue weighted by Crippen LogP contribution is 2.21. The second-order valence-corrected chi connectivity index (χ2v) is 7.65. The van der Waals surface area contributed by atoms with Crippen LogP contribution in [0.5, 0.6) is 0 Å². The number of hydrogen-bond donors (Lipinski definition) is 2. The van der Waals surface area contributed by atoms with Crippen LogP contribution in [0.2, 0.25) is 0 Å². The molecule has 4 aromatic rings. The van der Waals surface area contributed by atoms with Crippen molar-refractivity contribution >= 4 is 40.4 Å². The van der Waals surface area contributed by atoms with Gasteiger partial charge in [-0.1, -0.05) is 54.2 Å². The third-order valence-electron chi connectivity index (χ3n) is 4.58. The number of hydrogen-bond acceptors (Lipinski definition) is 6. The smallest absolute Gasteiger partial charge is 0.321 e. The van der Waals surface area contributed by atoms with Gasteiger partial charge in [0.1, 0.15) is 0 Å². The van der Waals surface area contributed by atoms with E-state index in [1.807, 2.05) is 42.5 Å². The van der Waals surface area contributed by atoms with Crippen molar-refractivity contribution in [2.24, 2.45) is 0 Å². The summed E-state index contributed by atoms with van der Waals surface area (Å²) in [5.74, 6) is -0.0850. The van der Waals surface area contributed by atoms with Crippen LogP contribution in [-0.2, 0) is 11.3 Å².